The van der Waals surface area contributed by atoms with E-state index >= 15 is 0 Å². The third-order valence-electron chi connectivity index (χ3n) is 3.69. The highest BCUT2D eigenvalue weighted by molar-refractivity contribution is 7.92. The summed E-state index contributed by atoms with van der Waals surface area (Å²) in [5.41, 5.74) is 2.73. The topological polar surface area (TPSA) is 63.2 Å². The molecule has 2 aromatic carbocycles. The van der Waals surface area contributed by atoms with Gasteiger partial charge in [-0.2, -0.15) is 0 Å². The summed E-state index contributed by atoms with van der Waals surface area (Å²) in [6.07, 6.45) is 2.43. The van der Waals surface area contributed by atoms with Gasteiger partial charge in [0.05, 0.1) is 5.75 Å². The third-order valence-corrected chi connectivity index (χ3v) is 5.30. The molecule has 0 heterocycles. The van der Waals surface area contributed by atoms with E-state index in [1.54, 1.807) is 12.1 Å². The molecular weight excluding hydrogens is 322 g/mol. The Morgan fingerprint density at radius 2 is 1.54 bits per heavy atom. The van der Waals surface area contributed by atoms with Gasteiger partial charge in [0.15, 0.2) is 9.84 Å². The molecule has 0 aliphatic heterocycles. The molecule has 0 saturated carbocycles. The van der Waals surface area contributed by atoms with Crippen LogP contribution in [-0.4, -0.2) is 25.8 Å². The third kappa shape index (κ3) is 5.81. The standard InChI is InChI=1S/C19H23NO3S/c1-2-3-7-14-24(22,23)15-19(21)20-18-12-10-17(11-13-18)16-8-5-4-6-9-16/h4-6,8-13H,2-3,7,14-15H2,1H3,(H,20,21). The van der Waals surface area contributed by atoms with Crippen LogP contribution in [0.15, 0.2) is 54.6 Å². The van der Waals surface area contributed by atoms with E-state index in [-0.39, 0.29) is 5.75 Å². The van der Waals surface area contributed by atoms with Crippen molar-refractivity contribution in [2.45, 2.75) is 26.2 Å². The van der Waals surface area contributed by atoms with Crippen LogP contribution in [0.5, 0.6) is 0 Å². The van der Waals surface area contributed by atoms with Gasteiger partial charge in [0.2, 0.25) is 5.91 Å². The molecule has 128 valence electrons. The Bertz CT molecular complexity index is 753. The number of hydrogen-bond donors (Lipinski definition) is 1. The lowest BCUT2D eigenvalue weighted by molar-refractivity contribution is -0.113. The highest BCUT2D eigenvalue weighted by Crippen LogP contribution is 2.21. The van der Waals surface area contributed by atoms with Gasteiger partial charge in [-0.15, -0.1) is 0 Å². The van der Waals surface area contributed by atoms with Gasteiger partial charge in [0, 0.05) is 5.69 Å². The Labute approximate surface area is 143 Å². The monoisotopic (exact) mass is 345 g/mol. The lowest BCUT2D eigenvalue weighted by atomic mass is 10.1. The van der Waals surface area contributed by atoms with Crippen molar-refractivity contribution in [1.82, 2.24) is 0 Å². The predicted molar refractivity (Wildman–Crippen MR) is 98.7 cm³/mol. The van der Waals surface area contributed by atoms with Crippen molar-refractivity contribution in [3.8, 4) is 11.1 Å². The number of amides is 1. The molecule has 4 nitrogen and oxygen atoms in total. The summed E-state index contributed by atoms with van der Waals surface area (Å²) in [7, 11) is -3.34. The molecule has 24 heavy (non-hydrogen) atoms. The number of anilines is 1. The quantitative estimate of drug-likeness (QED) is 0.738. The largest absolute Gasteiger partial charge is 0.325 e. The first-order chi connectivity index (χ1) is 11.5. The molecule has 5 heteroatoms. The Morgan fingerprint density at radius 3 is 2.17 bits per heavy atom. The normalized spacial score (nSPS) is 11.2. The molecule has 0 aliphatic carbocycles. The van der Waals surface area contributed by atoms with Crippen LogP contribution in [0.4, 0.5) is 5.69 Å². The van der Waals surface area contributed by atoms with Crippen molar-refractivity contribution in [1.29, 1.82) is 0 Å². The number of carbonyl (C=O) groups excluding carboxylic acids is 1. The lowest BCUT2D eigenvalue weighted by Gasteiger charge is -2.08. The van der Waals surface area contributed by atoms with Crippen LogP contribution in [0.1, 0.15) is 26.2 Å². The first kappa shape index (κ1) is 18.2. The summed E-state index contributed by atoms with van der Waals surface area (Å²) in [5.74, 6) is -0.878. The fourth-order valence-corrected chi connectivity index (χ4v) is 3.68. The minimum atomic E-state index is -3.34. The van der Waals surface area contributed by atoms with Gasteiger partial charge < -0.3 is 5.32 Å². The Hall–Kier alpha value is -2.14. The molecule has 1 N–H and O–H groups in total. The number of unbranched alkanes of at least 4 members (excludes halogenated alkanes) is 2. The van der Waals surface area contributed by atoms with Crippen LogP contribution in [0.2, 0.25) is 0 Å². The first-order valence-corrected chi connectivity index (χ1v) is 9.98. The molecule has 0 fully saturated rings. The first-order valence-electron chi connectivity index (χ1n) is 8.16. The van der Waals surface area contributed by atoms with Crippen molar-refractivity contribution in [2.75, 3.05) is 16.8 Å². The van der Waals surface area contributed by atoms with Gasteiger partial charge in [-0.1, -0.05) is 62.2 Å². The van der Waals surface area contributed by atoms with Crippen LogP contribution >= 0.6 is 0 Å². The van der Waals surface area contributed by atoms with Gasteiger partial charge in [-0.3, -0.25) is 4.79 Å². The van der Waals surface area contributed by atoms with Crippen molar-refractivity contribution in [2.24, 2.45) is 0 Å². The average Bonchev–Trinajstić information content (AvgIpc) is 2.56. The molecule has 0 atom stereocenters. The Balaban J connectivity index is 1.92. The zero-order valence-electron chi connectivity index (χ0n) is 13.9. The zero-order chi connectivity index (χ0) is 17.4. The van der Waals surface area contributed by atoms with E-state index in [1.807, 2.05) is 49.4 Å². The second kappa shape index (κ2) is 8.64. The predicted octanol–water partition coefficient (Wildman–Crippen LogP) is 3.90. The molecule has 0 saturated heterocycles. The van der Waals surface area contributed by atoms with Gasteiger partial charge in [0.25, 0.3) is 0 Å². The fraction of sp³-hybridized carbons (Fsp3) is 0.316. The van der Waals surface area contributed by atoms with Gasteiger partial charge in [0.1, 0.15) is 5.75 Å². The fourth-order valence-electron chi connectivity index (χ4n) is 2.42. The molecule has 0 aromatic heterocycles. The second-order valence-corrected chi connectivity index (χ2v) is 7.97. The summed E-state index contributed by atoms with van der Waals surface area (Å²) < 4.78 is 23.8. The smallest absolute Gasteiger partial charge is 0.239 e. The molecular formula is C19H23NO3S. The highest BCUT2D eigenvalue weighted by atomic mass is 32.2. The Kier molecular flexibility index (Phi) is 6.55. The minimum absolute atomic E-state index is 0.0706. The number of carbonyl (C=O) groups is 1. The summed E-state index contributed by atoms with van der Waals surface area (Å²) in [5, 5.41) is 2.65. The maximum atomic E-state index is 11.9. The summed E-state index contributed by atoms with van der Waals surface area (Å²) in [6, 6.07) is 17.3. The van der Waals surface area contributed by atoms with Crippen LogP contribution < -0.4 is 5.32 Å². The van der Waals surface area contributed by atoms with E-state index in [0.29, 0.717) is 12.1 Å². The van der Waals surface area contributed by atoms with Crippen LogP contribution in [0, 0.1) is 0 Å². The number of hydrogen-bond acceptors (Lipinski definition) is 3. The molecule has 0 unspecified atom stereocenters. The Morgan fingerprint density at radius 1 is 0.917 bits per heavy atom. The van der Waals surface area contributed by atoms with E-state index in [0.717, 1.165) is 24.0 Å². The minimum Gasteiger partial charge on any atom is -0.325 e. The van der Waals surface area contributed by atoms with E-state index < -0.39 is 21.5 Å². The molecule has 0 spiro atoms. The van der Waals surface area contributed by atoms with Crippen LogP contribution in [0.25, 0.3) is 11.1 Å². The van der Waals surface area contributed by atoms with E-state index in [9.17, 15) is 13.2 Å². The van der Waals surface area contributed by atoms with Crippen molar-refractivity contribution in [3.05, 3.63) is 54.6 Å². The maximum absolute atomic E-state index is 11.9. The molecule has 1 amide bonds. The molecule has 2 aromatic rings. The van der Waals surface area contributed by atoms with Crippen molar-refractivity contribution in [3.63, 3.8) is 0 Å². The number of nitrogens with one attached hydrogen (secondary N) is 1. The molecule has 2 rings (SSSR count). The van der Waals surface area contributed by atoms with E-state index in [2.05, 4.69) is 5.32 Å². The van der Waals surface area contributed by atoms with E-state index in [1.165, 1.54) is 0 Å². The van der Waals surface area contributed by atoms with E-state index in [4.69, 9.17) is 0 Å². The highest BCUT2D eigenvalue weighted by Gasteiger charge is 2.16. The van der Waals surface area contributed by atoms with Gasteiger partial charge >= 0.3 is 0 Å². The molecule has 0 bridgehead atoms. The SMILES string of the molecule is CCCCCS(=O)(=O)CC(=O)Nc1ccc(-c2ccccc2)cc1. The lowest BCUT2D eigenvalue weighted by Crippen LogP contribution is -2.24. The van der Waals surface area contributed by atoms with Gasteiger partial charge in [-0.25, -0.2) is 8.42 Å². The average molecular weight is 345 g/mol. The summed E-state index contributed by atoms with van der Waals surface area (Å²) in [6.45, 7) is 2.01. The number of sulfone groups is 1. The van der Waals surface area contributed by atoms with Crippen LogP contribution in [-0.2, 0) is 14.6 Å². The number of benzene rings is 2. The second-order valence-electron chi connectivity index (χ2n) is 5.79. The number of rotatable bonds is 8. The maximum Gasteiger partial charge on any atom is 0.239 e. The summed E-state index contributed by atoms with van der Waals surface area (Å²) in [4.78, 5) is 11.9. The zero-order valence-corrected chi connectivity index (χ0v) is 14.7. The molecule has 0 aliphatic rings. The van der Waals surface area contributed by atoms with Gasteiger partial charge in [-0.05, 0) is 29.7 Å². The molecule has 0 radical (unpaired) electrons. The summed E-state index contributed by atoms with van der Waals surface area (Å²) >= 11 is 0. The van der Waals surface area contributed by atoms with Crippen LogP contribution in [0.3, 0.4) is 0 Å². The van der Waals surface area contributed by atoms with Crippen molar-refractivity contribution >= 4 is 21.4 Å². The van der Waals surface area contributed by atoms with Crippen molar-refractivity contribution < 1.29 is 13.2 Å².